The van der Waals surface area contributed by atoms with Crippen molar-refractivity contribution in [2.45, 2.75) is 12.8 Å². The van der Waals surface area contributed by atoms with E-state index in [1.54, 1.807) is 0 Å². The van der Waals surface area contributed by atoms with E-state index < -0.39 is 0 Å². The molecule has 0 N–H and O–H groups in total. The highest BCUT2D eigenvalue weighted by molar-refractivity contribution is 7.78. The highest BCUT2D eigenvalue weighted by Gasteiger charge is 1.81. The van der Waals surface area contributed by atoms with Crippen LogP contribution in [0.4, 0.5) is 4.39 Å². The van der Waals surface area contributed by atoms with Gasteiger partial charge in [-0.25, -0.2) is 4.99 Å². The summed E-state index contributed by atoms with van der Waals surface area (Å²) >= 11 is 4.29. The van der Waals surface area contributed by atoms with Crippen LogP contribution in [-0.4, -0.2) is 18.4 Å². The van der Waals surface area contributed by atoms with Crippen LogP contribution in [-0.2, 0) is 0 Å². The van der Waals surface area contributed by atoms with Gasteiger partial charge in [0.15, 0.2) is 0 Å². The molecule has 0 bridgehead atoms. The molecule has 0 aromatic rings. The van der Waals surface area contributed by atoms with Gasteiger partial charge in [-0.2, -0.15) is 0 Å². The van der Waals surface area contributed by atoms with Crippen LogP contribution in [0.2, 0.25) is 0 Å². The molecule has 0 saturated carbocycles. The molecule has 0 rings (SSSR count). The zero-order valence-electron chi connectivity index (χ0n) is 4.56. The predicted molar refractivity (Wildman–Crippen MR) is 35.1 cm³/mol. The third-order valence-electron chi connectivity index (χ3n) is 0.718. The minimum absolute atomic E-state index is 0.257. The molecule has 0 amide bonds. The molecule has 46 valence electrons. The van der Waals surface area contributed by atoms with E-state index >= 15 is 0 Å². The molecular formula is C5H8FNS. The lowest BCUT2D eigenvalue weighted by Crippen LogP contribution is -1.80. The molecule has 0 aliphatic rings. The Bertz CT molecular complexity index is 88.4. The zero-order valence-corrected chi connectivity index (χ0v) is 5.38. The summed E-state index contributed by atoms with van der Waals surface area (Å²) in [5.41, 5.74) is 0. The molecule has 0 heterocycles. The Kier molecular flexibility index (Phi) is 6.50. The summed E-state index contributed by atoms with van der Waals surface area (Å²) < 4.78 is 11.3. The molecule has 0 aliphatic carbocycles. The van der Waals surface area contributed by atoms with Crippen LogP contribution in [0.15, 0.2) is 4.99 Å². The molecule has 0 aromatic heterocycles. The zero-order chi connectivity index (χ0) is 6.24. The first-order valence-electron chi connectivity index (χ1n) is 2.51. The average Bonchev–Trinajstić information content (AvgIpc) is 1.81. The summed E-state index contributed by atoms with van der Waals surface area (Å²) in [4.78, 5) is 3.61. The highest BCUT2D eigenvalue weighted by atomic mass is 32.1. The van der Waals surface area contributed by atoms with Crippen LogP contribution >= 0.6 is 12.2 Å². The maximum Gasteiger partial charge on any atom is 0.0895 e. The van der Waals surface area contributed by atoms with Gasteiger partial charge in [-0.15, -0.1) is 0 Å². The fourth-order valence-corrected chi connectivity index (χ4v) is 0.422. The highest BCUT2D eigenvalue weighted by Crippen LogP contribution is 1.88. The Balaban J connectivity index is 2.82. The number of nitrogens with zero attached hydrogens (tertiary/aromatic N) is 1. The normalized spacial score (nSPS) is 8.12. The van der Waals surface area contributed by atoms with Gasteiger partial charge in [0.05, 0.1) is 11.8 Å². The second-order valence-electron chi connectivity index (χ2n) is 1.37. The third-order valence-corrected chi connectivity index (χ3v) is 0.847. The molecule has 3 heteroatoms. The summed E-state index contributed by atoms with van der Waals surface area (Å²) in [6.07, 6.45) is 1.36. The van der Waals surface area contributed by atoms with Gasteiger partial charge < -0.3 is 0 Å². The quantitative estimate of drug-likeness (QED) is 0.324. The van der Waals surface area contributed by atoms with Crippen molar-refractivity contribution in [2.24, 2.45) is 4.99 Å². The van der Waals surface area contributed by atoms with Gasteiger partial charge in [0.25, 0.3) is 0 Å². The molecule has 1 nitrogen and oxygen atoms in total. The maximum absolute atomic E-state index is 11.3. The van der Waals surface area contributed by atoms with Crippen molar-refractivity contribution in [3.05, 3.63) is 0 Å². The first-order chi connectivity index (χ1) is 3.91. The molecule has 0 atom stereocenters. The SMILES string of the molecule is FCCCCN=C=S. The van der Waals surface area contributed by atoms with Gasteiger partial charge in [0, 0.05) is 6.54 Å². The molecule has 0 aliphatic heterocycles. The summed E-state index contributed by atoms with van der Waals surface area (Å²) in [6.45, 7) is 0.361. The molecule has 0 radical (unpaired) electrons. The van der Waals surface area contributed by atoms with Crippen LogP contribution < -0.4 is 0 Å². The molecule has 0 aromatic carbocycles. The number of halogens is 1. The van der Waals surface area contributed by atoms with Crippen LogP contribution in [0.3, 0.4) is 0 Å². The van der Waals surface area contributed by atoms with E-state index in [0.717, 1.165) is 6.42 Å². The van der Waals surface area contributed by atoms with Gasteiger partial charge in [-0.1, -0.05) is 0 Å². The Hall–Kier alpha value is -0.270. The second-order valence-corrected chi connectivity index (χ2v) is 1.55. The summed E-state index contributed by atoms with van der Waals surface area (Å²) in [7, 11) is 0. The monoisotopic (exact) mass is 133 g/mol. The number of rotatable bonds is 4. The van der Waals surface area contributed by atoms with Crippen molar-refractivity contribution >= 4 is 17.4 Å². The van der Waals surface area contributed by atoms with Crippen molar-refractivity contribution in [1.29, 1.82) is 0 Å². The Morgan fingerprint density at radius 2 is 2.25 bits per heavy atom. The fourth-order valence-electron chi connectivity index (χ4n) is 0.331. The Morgan fingerprint density at radius 3 is 2.75 bits per heavy atom. The topological polar surface area (TPSA) is 12.4 Å². The first-order valence-corrected chi connectivity index (χ1v) is 2.92. The number of hydrogen-bond donors (Lipinski definition) is 0. The van der Waals surface area contributed by atoms with E-state index in [9.17, 15) is 4.39 Å². The number of unbranched alkanes of at least 4 members (excludes halogenated alkanes) is 1. The number of aliphatic imine (C=N–C) groups is 1. The Morgan fingerprint density at radius 1 is 1.50 bits per heavy atom. The number of thiocarbonyl (C=S) groups is 1. The van der Waals surface area contributed by atoms with Gasteiger partial charge in [0.2, 0.25) is 0 Å². The minimum Gasteiger partial charge on any atom is -0.251 e. The molecule has 0 spiro atoms. The van der Waals surface area contributed by atoms with Gasteiger partial charge in [0.1, 0.15) is 0 Å². The van der Waals surface area contributed by atoms with Gasteiger partial charge in [-0.3, -0.25) is 4.39 Å². The number of alkyl halides is 1. The van der Waals surface area contributed by atoms with Crippen molar-refractivity contribution < 1.29 is 4.39 Å². The van der Waals surface area contributed by atoms with Crippen LogP contribution in [0.25, 0.3) is 0 Å². The summed E-state index contributed by atoms with van der Waals surface area (Å²) in [5, 5.41) is 2.21. The van der Waals surface area contributed by atoms with E-state index in [1.807, 2.05) is 0 Å². The van der Waals surface area contributed by atoms with Crippen LogP contribution in [0.5, 0.6) is 0 Å². The van der Waals surface area contributed by atoms with Crippen molar-refractivity contribution in [2.75, 3.05) is 13.2 Å². The van der Waals surface area contributed by atoms with E-state index in [0.29, 0.717) is 13.0 Å². The standard InChI is InChI=1S/C5H8FNS/c6-3-1-2-4-7-5-8/h1-4H2. The third kappa shape index (κ3) is 5.73. The van der Waals surface area contributed by atoms with Gasteiger partial charge >= 0.3 is 0 Å². The first kappa shape index (κ1) is 7.73. The maximum atomic E-state index is 11.3. The average molecular weight is 133 g/mol. The van der Waals surface area contributed by atoms with Crippen molar-refractivity contribution in [3.8, 4) is 0 Å². The van der Waals surface area contributed by atoms with Gasteiger partial charge in [-0.05, 0) is 25.1 Å². The van der Waals surface area contributed by atoms with E-state index in [4.69, 9.17) is 0 Å². The van der Waals surface area contributed by atoms with E-state index in [-0.39, 0.29) is 6.67 Å². The largest absolute Gasteiger partial charge is 0.251 e. The van der Waals surface area contributed by atoms with Crippen LogP contribution in [0.1, 0.15) is 12.8 Å². The second kappa shape index (κ2) is 6.73. The molecule has 0 saturated heterocycles. The fraction of sp³-hybridized carbons (Fsp3) is 0.800. The van der Waals surface area contributed by atoms with Crippen molar-refractivity contribution in [3.63, 3.8) is 0 Å². The van der Waals surface area contributed by atoms with Crippen molar-refractivity contribution in [1.82, 2.24) is 0 Å². The summed E-state index contributed by atoms with van der Waals surface area (Å²) in [5.74, 6) is 0. The number of hydrogen-bond acceptors (Lipinski definition) is 2. The lowest BCUT2D eigenvalue weighted by atomic mass is 10.3. The summed E-state index contributed by atoms with van der Waals surface area (Å²) in [6, 6.07) is 0. The smallest absolute Gasteiger partial charge is 0.0895 e. The number of isothiocyanates is 1. The molecule has 0 fully saturated rings. The Labute approximate surface area is 53.6 Å². The van der Waals surface area contributed by atoms with Crippen LogP contribution in [0, 0.1) is 0 Å². The molecular weight excluding hydrogens is 125 g/mol. The lowest BCUT2D eigenvalue weighted by Gasteiger charge is -1.85. The van der Waals surface area contributed by atoms with E-state index in [2.05, 4.69) is 22.4 Å². The van der Waals surface area contributed by atoms with E-state index in [1.165, 1.54) is 0 Å². The predicted octanol–water partition coefficient (Wildman–Crippen LogP) is 1.84. The lowest BCUT2D eigenvalue weighted by molar-refractivity contribution is 0.464. The molecule has 0 unspecified atom stereocenters. The molecule has 8 heavy (non-hydrogen) atoms. The minimum atomic E-state index is -0.257.